The van der Waals surface area contributed by atoms with Crippen molar-refractivity contribution in [2.75, 3.05) is 45.0 Å². The first-order valence-corrected chi connectivity index (χ1v) is 9.38. The lowest BCUT2D eigenvalue weighted by atomic mass is 10.2. The first-order chi connectivity index (χ1) is 13.3. The van der Waals surface area contributed by atoms with Crippen LogP contribution in [0.4, 0.5) is 11.4 Å². The van der Waals surface area contributed by atoms with Crippen molar-refractivity contribution in [3.05, 3.63) is 46.4 Å². The number of carbonyl (C=O) groups is 2. The number of nitrogens with one attached hydrogen (secondary N) is 2. The molecule has 0 aliphatic carbocycles. The molecule has 0 bridgehead atoms. The molecule has 8 heteroatoms. The van der Waals surface area contributed by atoms with E-state index in [1.165, 1.54) is 7.11 Å². The summed E-state index contributed by atoms with van der Waals surface area (Å²) >= 11 is 3.39. The van der Waals surface area contributed by atoms with Gasteiger partial charge >= 0.3 is 0 Å². The van der Waals surface area contributed by atoms with Gasteiger partial charge in [0.15, 0.2) is 0 Å². The maximum Gasteiger partial charge on any atom is 0.238 e. The van der Waals surface area contributed by atoms with E-state index in [1.54, 1.807) is 37.3 Å². The number of hydrogen-bond donors (Lipinski definition) is 2. The van der Waals surface area contributed by atoms with Gasteiger partial charge in [0, 0.05) is 16.2 Å². The number of carbonyl (C=O) groups excluding carboxylic acids is 2. The molecule has 0 aliphatic rings. The molecule has 0 fully saturated rings. The first kappa shape index (κ1) is 21.7. The fraction of sp³-hybridized carbons (Fsp3) is 0.300. The zero-order valence-electron chi connectivity index (χ0n) is 16.3. The monoisotopic (exact) mass is 449 g/mol. The molecule has 0 aromatic heterocycles. The molecule has 0 heterocycles. The highest BCUT2D eigenvalue weighted by Crippen LogP contribution is 2.28. The molecule has 0 saturated heterocycles. The zero-order valence-corrected chi connectivity index (χ0v) is 17.9. The van der Waals surface area contributed by atoms with Gasteiger partial charge in [0.2, 0.25) is 11.8 Å². The van der Waals surface area contributed by atoms with Crippen molar-refractivity contribution in [3.8, 4) is 11.5 Å². The first-order valence-electron chi connectivity index (χ1n) is 8.58. The van der Waals surface area contributed by atoms with Crippen LogP contribution in [0.15, 0.2) is 40.9 Å². The van der Waals surface area contributed by atoms with Crippen LogP contribution in [0.1, 0.15) is 5.56 Å². The van der Waals surface area contributed by atoms with E-state index >= 15 is 0 Å². The minimum absolute atomic E-state index is 0.0487. The van der Waals surface area contributed by atoms with Crippen molar-refractivity contribution in [1.82, 2.24) is 4.90 Å². The molecule has 0 saturated carbocycles. The molecule has 2 amide bonds. The summed E-state index contributed by atoms with van der Waals surface area (Å²) in [7, 11) is 4.78. The second-order valence-corrected chi connectivity index (χ2v) is 7.21. The zero-order chi connectivity index (χ0) is 20.7. The molecular weight excluding hydrogens is 426 g/mol. The number of methoxy groups -OCH3 is 2. The molecule has 2 rings (SSSR count). The summed E-state index contributed by atoms with van der Waals surface area (Å²) in [4.78, 5) is 26.2. The number of amides is 2. The summed E-state index contributed by atoms with van der Waals surface area (Å²) in [6.07, 6.45) is 0. The van der Waals surface area contributed by atoms with Crippen molar-refractivity contribution in [1.29, 1.82) is 0 Å². The second-order valence-electron chi connectivity index (χ2n) is 6.29. The predicted molar refractivity (Wildman–Crippen MR) is 113 cm³/mol. The number of anilines is 2. The van der Waals surface area contributed by atoms with E-state index in [-0.39, 0.29) is 24.9 Å². The largest absolute Gasteiger partial charge is 0.497 e. The van der Waals surface area contributed by atoms with Crippen molar-refractivity contribution in [2.45, 2.75) is 6.92 Å². The summed E-state index contributed by atoms with van der Waals surface area (Å²) in [6.45, 7) is 2.05. The Morgan fingerprint density at radius 1 is 0.964 bits per heavy atom. The highest BCUT2D eigenvalue weighted by atomic mass is 79.9. The Bertz CT molecular complexity index is 857. The molecule has 2 aromatic rings. The Balaban J connectivity index is 1.91. The van der Waals surface area contributed by atoms with E-state index in [4.69, 9.17) is 9.47 Å². The van der Waals surface area contributed by atoms with Gasteiger partial charge in [0.25, 0.3) is 0 Å². The molecule has 0 aliphatic heterocycles. The lowest BCUT2D eigenvalue weighted by Crippen LogP contribution is -2.36. The highest BCUT2D eigenvalue weighted by molar-refractivity contribution is 9.10. The van der Waals surface area contributed by atoms with Crippen LogP contribution in [-0.2, 0) is 9.59 Å². The van der Waals surface area contributed by atoms with Crippen molar-refractivity contribution < 1.29 is 19.1 Å². The highest BCUT2D eigenvalue weighted by Gasteiger charge is 2.14. The number of rotatable bonds is 8. The van der Waals surface area contributed by atoms with Gasteiger partial charge in [-0.05, 0) is 49.9 Å². The summed E-state index contributed by atoms with van der Waals surface area (Å²) in [6, 6.07) is 10.8. The number of ether oxygens (including phenoxy) is 2. The molecule has 0 atom stereocenters. The fourth-order valence-electron chi connectivity index (χ4n) is 2.60. The number of aryl methyl sites for hydroxylation is 1. The number of nitrogens with zero attached hydrogens (tertiary/aromatic N) is 1. The minimum atomic E-state index is -0.262. The smallest absolute Gasteiger partial charge is 0.238 e. The van der Waals surface area contributed by atoms with Gasteiger partial charge in [0.05, 0.1) is 33.0 Å². The van der Waals surface area contributed by atoms with Crippen molar-refractivity contribution in [3.63, 3.8) is 0 Å². The van der Waals surface area contributed by atoms with Gasteiger partial charge in [-0.15, -0.1) is 0 Å². The molecule has 0 unspecified atom stereocenters. The number of benzene rings is 2. The molecule has 2 N–H and O–H groups in total. The van der Waals surface area contributed by atoms with E-state index in [2.05, 4.69) is 26.6 Å². The van der Waals surface area contributed by atoms with E-state index in [9.17, 15) is 9.59 Å². The Hall–Kier alpha value is -2.58. The normalized spacial score (nSPS) is 10.5. The van der Waals surface area contributed by atoms with E-state index in [0.29, 0.717) is 17.2 Å². The van der Waals surface area contributed by atoms with Crippen LogP contribution in [0.25, 0.3) is 0 Å². The van der Waals surface area contributed by atoms with Crippen molar-refractivity contribution in [2.24, 2.45) is 0 Å². The molecule has 0 radical (unpaired) electrons. The lowest BCUT2D eigenvalue weighted by molar-refractivity contribution is -0.119. The predicted octanol–water partition coefficient (Wildman–Crippen LogP) is 3.28. The van der Waals surface area contributed by atoms with Crippen molar-refractivity contribution >= 4 is 39.1 Å². The topological polar surface area (TPSA) is 79.9 Å². The Morgan fingerprint density at radius 2 is 1.61 bits per heavy atom. The van der Waals surface area contributed by atoms with Crippen LogP contribution >= 0.6 is 15.9 Å². The fourth-order valence-corrected chi connectivity index (χ4v) is 3.08. The third-order valence-electron chi connectivity index (χ3n) is 3.97. The quantitative estimate of drug-likeness (QED) is 0.646. The van der Waals surface area contributed by atoms with Gasteiger partial charge in [-0.1, -0.05) is 15.9 Å². The van der Waals surface area contributed by atoms with Gasteiger partial charge in [-0.2, -0.15) is 0 Å². The summed E-state index contributed by atoms with van der Waals surface area (Å²) in [5.41, 5.74) is 2.20. The third kappa shape index (κ3) is 6.24. The molecule has 150 valence electrons. The average Bonchev–Trinajstić information content (AvgIpc) is 2.63. The summed E-state index contributed by atoms with van der Waals surface area (Å²) < 4.78 is 11.4. The van der Waals surface area contributed by atoms with Gasteiger partial charge < -0.3 is 20.1 Å². The van der Waals surface area contributed by atoms with E-state index in [1.807, 2.05) is 25.1 Å². The summed E-state index contributed by atoms with van der Waals surface area (Å²) in [5.74, 6) is 0.676. The third-order valence-corrected chi connectivity index (χ3v) is 4.46. The van der Waals surface area contributed by atoms with Gasteiger partial charge in [-0.25, -0.2) is 0 Å². The lowest BCUT2D eigenvalue weighted by Gasteiger charge is -2.17. The van der Waals surface area contributed by atoms with Crippen LogP contribution in [0.2, 0.25) is 0 Å². The molecule has 28 heavy (non-hydrogen) atoms. The maximum absolute atomic E-state index is 12.3. The Labute approximate surface area is 173 Å². The van der Waals surface area contributed by atoms with Crippen LogP contribution in [-0.4, -0.2) is 51.1 Å². The molecule has 2 aromatic carbocycles. The SMILES string of the molecule is COc1ccc(OC)c(NC(=O)CN(C)CC(=O)Nc2ccc(Br)cc2C)c1. The van der Waals surface area contributed by atoms with Gasteiger partial charge in [0.1, 0.15) is 11.5 Å². The van der Waals surface area contributed by atoms with E-state index < -0.39 is 0 Å². The van der Waals surface area contributed by atoms with Crippen LogP contribution < -0.4 is 20.1 Å². The van der Waals surface area contributed by atoms with E-state index in [0.717, 1.165) is 15.7 Å². The van der Waals surface area contributed by atoms with Gasteiger partial charge in [-0.3, -0.25) is 14.5 Å². The van der Waals surface area contributed by atoms with Crippen LogP contribution in [0, 0.1) is 6.92 Å². The minimum Gasteiger partial charge on any atom is -0.497 e. The Morgan fingerprint density at radius 3 is 2.18 bits per heavy atom. The molecule has 7 nitrogen and oxygen atoms in total. The molecule has 0 spiro atoms. The standard InChI is InChI=1S/C20H24BrN3O4/c1-13-9-14(21)5-7-16(13)22-19(25)11-24(2)12-20(26)23-17-10-15(27-3)6-8-18(17)28-4/h5-10H,11-12H2,1-4H3,(H,22,25)(H,23,26). The summed E-state index contributed by atoms with van der Waals surface area (Å²) in [5, 5.41) is 5.64. The van der Waals surface area contributed by atoms with Crippen LogP contribution in [0.5, 0.6) is 11.5 Å². The number of hydrogen-bond acceptors (Lipinski definition) is 5. The number of halogens is 1. The molecular formula is C20H24BrN3O4. The number of likely N-dealkylation sites (N-methyl/N-ethyl adjacent to an activating group) is 1. The average molecular weight is 450 g/mol. The Kier molecular flexibility index (Phi) is 7.83. The van der Waals surface area contributed by atoms with Crippen LogP contribution in [0.3, 0.4) is 0 Å². The second kappa shape index (κ2) is 10.1. The maximum atomic E-state index is 12.3.